The fourth-order valence-electron chi connectivity index (χ4n) is 3.64. The zero-order chi connectivity index (χ0) is 17.1. The molecule has 24 heavy (non-hydrogen) atoms. The molecule has 0 unspecified atom stereocenters. The molecule has 3 rings (SSSR count). The molecule has 1 saturated carbocycles. The van der Waals surface area contributed by atoms with E-state index in [2.05, 4.69) is 5.32 Å². The van der Waals surface area contributed by atoms with Gasteiger partial charge in [-0.15, -0.1) is 0 Å². The van der Waals surface area contributed by atoms with Gasteiger partial charge in [-0.1, -0.05) is 0 Å². The van der Waals surface area contributed by atoms with Crippen molar-refractivity contribution in [3.05, 3.63) is 0 Å². The van der Waals surface area contributed by atoms with Crippen LogP contribution in [-0.4, -0.2) is 72.5 Å². The second kappa shape index (κ2) is 7.80. The van der Waals surface area contributed by atoms with Crippen molar-refractivity contribution >= 4 is 11.8 Å². The van der Waals surface area contributed by atoms with E-state index in [1.807, 2.05) is 11.8 Å². The minimum atomic E-state index is -0.651. The van der Waals surface area contributed by atoms with Gasteiger partial charge in [0, 0.05) is 19.0 Å². The zero-order valence-electron chi connectivity index (χ0n) is 14.3. The Morgan fingerprint density at radius 1 is 1.21 bits per heavy atom. The van der Waals surface area contributed by atoms with Crippen molar-refractivity contribution in [3.8, 4) is 0 Å². The summed E-state index contributed by atoms with van der Waals surface area (Å²) in [5, 5.41) is 12.8. The lowest BCUT2D eigenvalue weighted by Gasteiger charge is -2.44. The number of ether oxygens (including phenoxy) is 2. The lowest BCUT2D eigenvalue weighted by atomic mass is 9.94. The van der Waals surface area contributed by atoms with E-state index in [4.69, 9.17) is 9.47 Å². The number of hydrogen-bond acceptors (Lipinski definition) is 5. The first kappa shape index (κ1) is 17.6. The van der Waals surface area contributed by atoms with Crippen LogP contribution in [0.15, 0.2) is 0 Å². The van der Waals surface area contributed by atoms with Gasteiger partial charge in [0.1, 0.15) is 6.10 Å². The van der Waals surface area contributed by atoms with Crippen LogP contribution >= 0.6 is 0 Å². The van der Waals surface area contributed by atoms with Crippen molar-refractivity contribution in [1.82, 2.24) is 10.2 Å². The molecule has 7 nitrogen and oxygen atoms in total. The zero-order valence-corrected chi connectivity index (χ0v) is 14.3. The van der Waals surface area contributed by atoms with Crippen molar-refractivity contribution in [2.45, 2.75) is 63.4 Å². The van der Waals surface area contributed by atoms with Crippen molar-refractivity contribution in [1.29, 1.82) is 0 Å². The highest BCUT2D eigenvalue weighted by Gasteiger charge is 2.43. The molecule has 2 saturated heterocycles. The van der Waals surface area contributed by atoms with Gasteiger partial charge in [0.2, 0.25) is 11.8 Å². The SMILES string of the molecule is CCNC(=O)C[C@H]1CC[C@H]2[C@@H](COC[C@@H](O)CN2C(=O)C2CC2)O1. The van der Waals surface area contributed by atoms with Crippen LogP contribution in [0.1, 0.15) is 39.0 Å². The van der Waals surface area contributed by atoms with Crippen molar-refractivity contribution in [3.63, 3.8) is 0 Å². The number of nitrogens with one attached hydrogen (secondary N) is 1. The van der Waals surface area contributed by atoms with Crippen molar-refractivity contribution in [2.24, 2.45) is 5.92 Å². The van der Waals surface area contributed by atoms with Crippen LogP contribution in [0.25, 0.3) is 0 Å². The van der Waals surface area contributed by atoms with E-state index >= 15 is 0 Å². The number of rotatable bonds is 4. The van der Waals surface area contributed by atoms with Gasteiger partial charge in [-0.25, -0.2) is 0 Å². The van der Waals surface area contributed by atoms with E-state index < -0.39 is 6.10 Å². The number of β-amino-alcohol motifs (C(OH)–C–C–N with tert-alkyl or cyclic N) is 1. The van der Waals surface area contributed by atoms with Gasteiger partial charge in [0.05, 0.1) is 37.9 Å². The predicted octanol–water partition coefficient (Wildman–Crippen LogP) is 0.0585. The molecule has 1 aliphatic carbocycles. The normalized spacial score (nSPS) is 34.0. The first-order chi connectivity index (χ1) is 11.6. The van der Waals surface area contributed by atoms with Gasteiger partial charge in [0.15, 0.2) is 0 Å². The van der Waals surface area contributed by atoms with Gasteiger partial charge in [-0.2, -0.15) is 0 Å². The molecule has 0 spiro atoms. The van der Waals surface area contributed by atoms with Crippen LogP contribution in [0.2, 0.25) is 0 Å². The summed E-state index contributed by atoms with van der Waals surface area (Å²) >= 11 is 0. The molecule has 7 heteroatoms. The fourth-order valence-corrected chi connectivity index (χ4v) is 3.64. The average molecular weight is 340 g/mol. The molecule has 2 aliphatic heterocycles. The summed E-state index contributed by atoms with van der Waals surface area (Å²) in [6.07, 6.45) is 2.74. The number of carbonyl (C=O) groups is 2. The Morgan fingerprint density at radius 2 is 2.00 bits per heavy atom. The molecule has 0 aromatic carbocycles. The second-order valence-corrected chi connectivity index (χ2v) is 7.06. The Morgan fingerprint density at radius 3 is 2.71 bits per heavy atom. The Balaban J connectivity index is 1.65. The smallest absolute Gasteiger partial charge is 0.226 e. The number of amides is 2. The monoisotopic (exact) mass is 340 g/mol. The maximum absolute atomic E-state index is 12.6. The lowest BCUT2D eigenvalue weighted by Crippen LogP contribution is -2.57. The van der Waals surface area contributed by atoms with Gasteiger partial charge < -0.3 is 24.8 Å². The molecule has 2 N–H and O–H groups in total. The predicted molar refractivity (Wildman–Crippen MR) is 86.2 cm³/mol. The molecule has 2 amide bonds. The third kappa shape index (κ3) is 4.26. The summed E-state index contributed by atoms with van der Waals surface area (Å²) in [6.45, 7) is 3.37. The molecular formula is C17H28N2O5. The number of carbonyl (C=O) groups excluding carboxylic acids is 2. The summed E-state index contributed by atoms with van der Waals surface area (Å²) in [7, 11) is 0. The Kier molecular flexibility index (Phi) is 5.73. The number of fused-ring (bicyclic) bond motifs is 1. The van der Waals surface area contributed by atoms with E-state index in [0.29, 0.717) is 26.1 Å². The molecule has 3 aliphatic rings. The van der Waals surface area contributed by atoms with E-state index in [0.717, 1.165) is 25.7 Å². The minimum Gasteiger partial charge on any atom is -0.389 e. The first-order valence-electron chi connectivity index (χ1n) is 9.07. The Bertz CT molecular complexity index is 468. The summed E-state index contributed by atoms with van der Waals surface area (Å²) in [5.41, 5.74) is 0. The second-order valence-electron chi connectivity index (χ2n) is 7.06. The highest BCUT2D eigenvalue weighted by Crippen LogP contribution is 2.35. The van der Waals surface area contributed by atoms with Crippen LogP contribution in [0.5, 0.6) is 0 Å². The first-order valence-corrected chi connectivity index (χ1v) is 9.07. The quantitative estimate of drug-likeness (QED) is 0.755. The largest absolute Gasteiger partial charge is 0.389 e. The van der Waals surface area contributed by atoms with Crippen LogP contribution in [-0.2, 0) is 19.1 Å². The average Bonchev–Trinajstić information content (AvgIpc) is 3.36. The standard InChI is InChI=1S/C17H28N2O5/c1-2-18-16(21)7-13-5-6-14-15(24-13)10-23-9-12(20)8-19(14)17(22)11-3-4-11/h11-15,20H,2-10H2,1H3,(H,18,21)/t12-,13+,14-,15+/m0/s1. The summed E-state index contributed by atoms with van der Waals surface area (Å²) < 4.78 is 11.6. The van der Waals surface area contributed by atoms with Gasteiger partial charge in [-0.05, 0) is 32.6 Å². The number of hydrogen-bond donors (Lipinski definition) is 2. The summed E-state index contributed by atoms with van der Waals surface area (Å²) in [4.78, 5) is 26.2. The maximum atomic E-state index is 12.6. The molecule has 3 fully saturated rings. The van der Waals surface area contributed by atoms with Crippen LogP contribution < -0.4 is 5.32 Å². The van der Waals surface area contributed by atoms with Crippen molar-refractivity contribution < 1.29 is 24.2 Å². The third-order valence-electron chi connectivity index (χ3n) is 4.98. The molecule has 4 atom stereocenters. The van der Waals surface area contributed by atoms with E-state index in [9.17, 15) is 14.7 Å². The molecule has 0 aromatic rings. The Labute approximate surface area is 142 Å². The van der Waals surface area contributed by atoms with Crippen LogP contribution in [0.4, 0.5) is 0 Å². The van der Waals surface area contributed by atoms with Crippen LogP contribution in [0.3, 0.4) is 0 Å². The summed E-state index contributed by atoms with van der Waals surface area (Å²) in [6, 6.07) is -0.0708. The van der Waals surface area contributed by atoms with Gasteiger partial charge >= 0.3 is 0 Å². The summed E-state index contributed by atoms with van der Waals surface area (Å²) in [5.74, 6) is 0.247. The Hall–Kier alpha value is -1.18. The number of aliphatic hydroxyl groups is 1. The molecule has 136 valence electrons. The van der Waals surface area contributed by atoms with Crippen LogP contribution in [0, 0.1) is 5.92 Å². The minimum absolute atomic E-state index is 0.00551. The third-order valence-corrected chi connectivity index (χ3v) is 4.98. The highest BCUT2D eigenvalue weighted by atomic mass is 16.5. The molecule has 0 aromatic heterocycles. The van der Waals surface area contributed by atoms with E-state index in [1.165, 1.54) is 0 Å². The van der Waals surface area contributed by atoms with Gasteiger partial charge in [-0.3, -0.25) is 9.59 Å². The van der Waals surface area contributed by atoms with E-state index in [-0.39, 0.29) is 42.6 Å². The molecule has 0 radical (unpaired) electrons. The lowest BCUT2D eigenvalue weighted by molar-refractivity contribution is -0.170. The molecular weight excluding hydrogens is 312 g/mol. The van der Waals surface area contributed by atoms with Crippen molar-refractivity contribution in [2.75, 3.05) is 26.3 Å². The van der Waals surface area contributed by atoms with E-state index in [1.54, 1.807) is 0 Å². The van der Waals surface area contributed by atoms with Gasteiger partial charge in [0.25, 0.3) is 0 Å². The highest BCUT2D eigenvalue weighted by molar-refractivity contribution is 5.81. The number of aliphatic hydroxyl groups excluding tert-OH is 1. The molecule has 0 bridgehead atoms. The fraction of sp³-hybridized carbons (Fsp3) is 0.882. The maximum Gasteiger partial charge on any atom is 0.226 e. The molecule has 2 heterocycles. The topological polar surface area (TPSA) is 88.1 Å². The number of nitrogens with zero attached hydrogens (tertiary/aromatic N) is 1.